The van der Waals surface area contributed by atoms with E-state index in [9.17, 15) is 15.2 Å². The lowest BCUT2D eigenvalue weighted by atomic mass is 9.84. The Hall–Kier alpha value is -1.78. The Morgan fingerprint density at radius 2 is 2.26 bits per heavy atom. The van der Waals surface area contributed by atoms with Gasteiger partial charge in [-0.1, -0.05) is 26.2 Å². The van der Waals surface area contributed by atoms with E-state index >= 15 is 0 Å². The van der Waals surface area contributed by atoms with Gasteiger partial charge < -0.3 is 10.4 Å². The fourth-order valence-electron chi connectivity index (χ4n) is 2.81. The standard InChI is InChI=1S/C14H20N2O3/c1-2-10-4-3-5-11(8-10)15-13-7-6-12(17)9-14(13)16(18)19/h6-7,9-11,15,17H,2-5,8H2,1H3. The lowest BCUT2D eigenvalue weighted by Crippen LogP contribution is -2.27. The molecule has 1 aromatic rings. The van der Waals surface area contributed by atoms with Gasteiger partial charge in [0.1, 0.15) is 11.4 Å². The van der Waals surface area contributed by atoms with Gasteiger partial charge in [-0.2, -0.15) is 0 Å². The van der Waals surface area contributed by atoms with E-state index in [-0.39, 0.29) is 11.4 Å². The van der Waals surface area contributed by atoms with Gasteiger partial charge in [-0.05, 0) is 30.9 Å². The van der Waals surface area contributed by atoms with Crippen molar-refractivity contribution in [3.63, 3.8) is 0 Å². The summed E-state index contributed by atoms with van der Waals surface area (Å²) < 4.78 is 0. The van der Waals surface area contributed by atoms with Gasteiger partial charge in [0, 0.05) is 6.04 Å². The van der Waals surface area contributed by atoms with Crippen molar-refractivity contribution >= 4 is 11.4 Å². The summed E-state index contributed by atoms with van der Waals surface area (Å²) in [4.78, 5) is 10.5. The molecule has 0 spiro atoms. The fraction of sp³-hybridized carbons (Fsp3) is 0.571. The van der Waals surface area contributed by atoms with Gasteiger partial charge in [-0.25, -0.2) is 0 Å². The van der Waals surface area contributed by atoms with E-state index in [1.165, 1.54) is 25.0 Å². The highest BCUT2D eigenvalue weighted by molar-refractivity contribution is 5.64. The maximum atomic E-state index is 11.0. The summed E-state index contributed by atoms with van der Waals surface area (Å²) in [7, 11) is 0. The molecule has 0 radical (unpaired) electrons. The molecule has 104 valence electrons. The predicted octanol–water partition coefficient (Wildman–Crippen LogP) is 3.68. The second-order valence-electron chi connectivity index (χ2n) is 5.24. The molecule has 2 atom stereocenters. The third-order valence-corrected chi connectivity index (χ3v) is 3.90. The first kappa shape index (κ1) is 13.6. The second kappa shape index (κ2) is 5.91. The lowest BCUT2D eigenvalue weighted by molar-refractivity contribution is -0.384. The zero-order valence-corrected chi connectivity index (χ0v) is 11.1. The molecular formula is C14H20N2O3. The zero-order valence-electron chi connectivity index (χ0n) is 11.1. The van der Waals surface area contributed by atoms with Crippen LogP contribution in [0, 0.1) is 16.0 Å². The number of nitrogens with one attached hydrogen (secondary N) is 1. The Morgan fingerprint density at radius 3 is 2.95 bits per heavy atom. The van der Waals surface area contributed by atoms with Gasteiger partial charge in [0.15, 0.2) is 0 Å². The van der Waals surface area contributed by atoms with Crippen LogP contribution in [0.2, 0.25) is 0 Å². The van der Waals surface area contributed by atoms with Gasteiger partial charge in [-0.3, -0.25) is 10.1 Å². The summed E-state index contributed by atoms with van der Waals surface area (Å²) in [6.07, 6.45) is 5.70. The monoisotopic (exact) mass is 264 g/mol. The van der Waals surface area contributed by atoms with Gasteiger partial charge in [0.2, 0.25) is 0 Å². The van der Waals surface area contributed by atoms with E-state index in [4.69, 9.17) is 0 Å². The number of rotatable bonds is 4. The minimum Gasteiger partial charge on any atom is -0.508 e. The quantitative estimate of drug-likeness (QED) is 0.494. The van der Waals surface area contributed by atoms with E-state index in [0.717, 1.165) is 19.3 Å². The van der Waals surface area contributed by atoms with Crippen LogP contribution >= 0.6 is 0 Å². The highest BCUT2D eigenvalue weighted by Crippen LogP contribution is 2.33. The molecule has 0 heterocycles. The summed E-state index contributed by atoms with van der Waals surface area (Å²) >= 11 is 0. The number of nitro benzene ring substituents is 1. The van der Waals surface area contributed by atoms with E-state index in [0.29, 0.717) is 17.6 Å². The molecule has 1 aromatic carbocycles. The average Bonchev–Trinajstić information content (AvgIpc) is 2.41. The molecule has 0 aromatic heterocycles. The molecule has 0 saturated heterocycles. The van der Waals surface area contributed by atoms with Crippen molar-refractivity contribution in [2.75, 3.05) is 5.32 Å². The van der Waals surface area contributed by atoms with Gasteiger partial charge in [0.05, 0.1) is 11.0 Å². The first-order valence-electron chi connectivity index (χ1n) is 6.84. The zero-order chi connectivity index (χ0) is 13.8. The number of hydrogen-bond acceptors (Lipinski definition) is 4. The molecule has 0 amide bonds. The lowest BCUT2D eigenvalue weighted by Gasteiger charge is -2.29. The Bertz CT molecular complexity index is 462. The van der Waals surface area contributed by atoms with Crippen LogP contribution in [0.4, 0.5) is 11.4 Å². The van der Waals surface area contributed by atoms with Crippen molar-refractivity contribution in [2.24, 2.45) is 5.92 Å². The van der Waals surface area contributed by atoms with Gasteiger partial charge in [0.25, 0.3) is 5.69 Å². The number of nitrogens with zero attached hydrogens (tertiary/aromatic N) is 1. The maximum Gasteiger partial charge on any atom is 0.296 e. The van der Waals surface area contributed by atoms with Crippen molar-refractivity contribution in [1.82, 2.24) is 0 Å². The molecule has 2 N–H and O–H groups in total. The van der Waals surface area contributed by atoms with Crippen LogP contribution in [0.15, 0.2) is 18.2 Å². The summed E-state index contributed by atoms with van der Waals surface area (Å²) in [5.41, 5.74) is 0.447. The van der Waals surface area contributed by atoms with Crippen LogP contribution < -0.4 is 5.32 Å². The summed E-state index contributed by atoms with van der Waals surface area (Å²) in [6, 6.07) is 4.56. The number of aromatic hydroxyl groups is 1. The summed E-state index contributed by atoms with van der Waals surface area (Å²) in [5, 5.41) is 23.6. The number of nitro groups is 1. The van der Waals surface area contributed by atoms with Gasteiger partial charge >= 0.3 is 0 Å². The maximum absolute atomic E-state index is 11.0. The molecule has 1 aliphatic rings. The van der Waals surface area contributed by atoms with Gasteiger partial charge in [-0.15, -0.1) is 0 Å². The molecule has 2 rings (SSSR count). The minimum atomic E-state index is -0.456. The smallest absolute Gasteiger partial charge is 0.296 e. The molecule has 1 aliphatic carbocycles. The van der Waals surface area contributed by atoms with Crippen molar-refractivity contribution in [2.45, 2.75) is 45.1 Å². The largest absolute Gasteiger partial charge is 0.508 e. The third kappa shape index (κ3) is 3.36. The van der Waals surface area contributed by atoms with Crippen molar-refractivity contribution in [3.8, 4) is 5.75 Å². The Morgan fingerprint density at radius 1 is 1.47 bits per heavy atom. The number of hydrogen-bond donors (Lipinski definition) is 2. The van der Waals surface area contributed by atoms with Crippen LogP contribution in [-0.4, -0.2) is 16.1 Å². The SMILES string of the molecule is CCC1CCCC(Nc2ccc(O)cc2[N+](=O)[O-])C1. The fourth-order valence-corrected chi connectivity index (χ4v) is 2.81. The molecule has 5 heteroatoms. The highest BCUT2D eigenvalue weighted by atomic mass is 16.6. The first-order chi connectivity index (χ1) is 9.10. The van der Waals surface area contributed by atoms with Crippen LogP contribution in [0.5, 0.6) is 5.75 Å². The Labute approximate surface area is 112 Å². The number of phenols is 1. The van der Waals surface area contributed by atoms with E-state index < -0.39 is 4.92 Å². The van der Waals surface area contributed by atoms with E-state index in [2.05, 4.69) is 12.2 Å². The van der Waals surface area contributed by atoms with Crippen LogP contribution in [0.3, 0.4) is 0 Å². The summed E-state index contributed by atoms with van der Waals surface area (Å²) in [5.74, 6) is 0.634. The topological polar surface area (TPSA) is 75.4 Å². The molecule has 19 heavy (non-hydrogen) atoms. The molecule has 2 unspecified atom stereocenters. The minimum absolute atomic E-state index is 0.0568. The number of benzene rings is 1. The molecule has 5 nitrogen and oxygen atoms in total. The van der Waals surface area contributed by atoms with E-state index in [1.54, 1.807) is 6.07 Å². The normalized spacial score (nSPS) is 23.0. The van der Waals surface area contributed by atoms with Crippen molar-refractivity contribution < 1.29 is 10.0 Å². The molecule has 0 bridgehead atoms. The first-order valence-corrected chi connectivity index (χ1v) is 6.84. The predicted molar refractivity (Wildman–Crippen MR) is 74.4 cm³/mol. The van der Waals surface area contributed by atoms with Crippen LogP contribution in [0.25, 0.3) is 0 Å². The molecular weight excluding hydrogens is 244 g/mol. The summed E-state index contributed by atoms with van der Waals surface area (Å²) in [6.45, 7) is 2.19. The average molecular weight is 264 g/mol. The third-order valence-electron chi connectivity index (χ3n) is 3.90. The Kier molecular flexibility index (Phi) is 4.24. The molecule has 1 fully saturated rings. The molecule has 1 saturated carbocycles. The number of phenolic OH excluding ortho intramolecular Hbond substituents is 1. The van der Waals surface area contributed by atoms with Crippen molar-refractivity contribution in [3.05, 3.63) is 28.3 Å². The second-order valence-corrected chi connectivity index (χ2v) is 5.24. The highest BCUT2D eigenvalue weighted by Gasteiger charge is 2.23. The Balaban J connectivity index is 2.12. The van der Waals surface area contributed by atoms with Crippen LogP contribution in [-0.2, 0) is 0 Å². The number of anilines is 1. The van der Waals surface area contributed by atoms with Crippen molar-refractivity contribution in [1.29, 1.82) is 0 Å². The van der Waals surface area contributed by atoms with E-state index in [1.807, 2.05) is 0 Å². The molecule has 0 aliphatic heterocycles. The van der Waals surface area contributed by atoms with Crippen LogP contribution in [0.1, 0.15) is 39.0 Å².